The quantitative estimate of drug-likeness (QED) is 0.922. The number of hydrogen-bond donors (Lipinski definition) is 1. The zero-order valence-corrected chi connectivity index (χ0v) is 11.9. The second-order valence-electron chi connectivity index (χ2n) is 5.34. The maximum atomic E-state index is 12.2. The van der Waals surface area contributed by atoms with Crippen LogP contribution in [0.5, 0.6) is 0 Å². The lowest BCUT2D eigenvalue weighted by molar-refractivity contribution is 0.0902. The van der Waals surface area contributed by atoms with Crippen molar-refractivity contribution in [1.29, 1.82) is 0 Å². The Morgan fingerprint density at radius 3 is 2.55 bits per heavy atom. The molecule has 104 valence electrons. The Morgan fingerprint density at radius 1 is 1.30 bits per heavy atom. The van der Waals surface area contributed by atoms with E-state index < -0.39 is 0 Å². The van der Waals surface area contributed by atoms with Gasteiger partial charge in [0, 0.05) is 0 Å². The highest BCUT2D eigenvalue weighted by Gasteiger charge is 2.41. The summed E-state index contributed by atoms with van der Waals surface area (Å²) in [7, 11) is 0. The number of furan rings is 1. The molecule has 1 N–H and O–H groups in total. The molecule has 1 amide bonds. The normalized spacial score (nSPS) is 22.3. The molecule has 0 radical (unpaired) electrons. The van der Waals surface area contributed by atoms with Crippen LogP contribution in [-0.2, 0) is 0 Å². The summed E-state index contributed by atoms with van der Waals surface area (Å²) in [6, 6.07) is 13.3. The second kappa shape index (κ2) is 5.33. The molecule has 1 heterocycles. The Bertz CT molecular complexity index is 608. The van der Waals surface area contributed by atoms with E-state index in [4.69, 9.17) is 16.0 Å². The molecular weight excluding hydrogens is 274 g/mol. The van der Waals surface area contributed by atoms with Gasteiger partial charge in [0.15, 0.2) is 11.0 Å². The van der Waals surface area contributed by atoms with Crippen LogP contribution in [0.25, 0.3) is 0 Å². The zero-order valence-electron chi connectivity index (χ0n) is 11.2. The minimum Gasteiger partial charge on any atom is -0.440 e. The third-order valence-electron chi connectivity index (χ3n) is 3.84. The number of carbonyl (C=O) groups excluding carboxylic acids is 1. The molecule has 3 unspecified atom stereocenters. The Kier molecular flexibility index (Phi) is 3.53. The number of nitrogens with one attached hydrogen (secondary N) is 1. The lowest BCUT2D eigenvalue weighted by Crippen LogP contribution is -2.30. The van der Waals surface area contributed by atoms with E-state index in [9.17, 15) is 4.79 Å². The molecule has 3 atom stereocenters. The fourth-order valence-corrected chi connectivity index (χ4v) is 2.71. The highest BCUT2D eigenvalue weighted by molar-refractivity contribution is 6.29. The summed E-state index contributed by atoms with van der Waals surface area (Å²) in [6.45, 7) is 2.20. The van der Waals surface area contributed by atoms with Gasteiger partial charge in [0.05, 0.1) is 6.04 Å². The Hall–Kier alpha value is -1.74. The summed E-state index contributed by atoms with van der Waals surface area (Å²) < 4.78 is 5.16. The van der Waals surface area contributed by atoms with Gasteiger partial charge >= 0.3 is 0 Å². The van der Waals surface area contributed by atoms with Crippen molar-refractivity contribution in [3.63, 3.8) is 0 Å². The van der Waals surface area contributed by atoms with Crippen molar-refractivity contribution in [3.8, 4) is 0 Å². The van der Waals surface area contributed by atoms with Crippen molar-refractivity contribution >= 4 is 17.5 Å². The van der Waals surface area contributed by atoms with Gasteiger partial charge in [-0.1, -0.05) is 37.3 Å². The molecule has 1 aliphatic carbocycles. The fraction of sp³-hybridized carbons (Fsp3) is 0.312. The summed E-state index contributed by atoms with van der Waals surface area (Å²) in [5.41, 5.74) is 1.13. The average Bonchev–Trinajstić information content (AvgIpc) is 3.00. The third kappa shape index (κ3) is 2.73. The lowest BCUT2D eigenvalue weighted by Gasteiger charge is -2.18. The first kappa shape index (κ1) is 13.3. The van der Waals surface area contributed by atoms with Crippen LogP contribution in [0.15, 0.2) is 46.9 Å². The molecule has 2 aromatic rings. The molecule has 4 heteroatoms. The predicted molar refractivity (Wildman–Crippen MR) is 77.6 cm³/mol. The summed E-state index contributed by atoms with van der Waals surface area (Å²) >= 11 is 5.71. The van der Waals surface area contributed by atoms with Crippen molar-refractivity contribution < 1.29 is 9.21 Å². The largest absolute Gasteiger partial charge is 0.440 e. The standard InChI is InChI=1S/C16H16ClNO2/c1-10-9-12(10)15(11-5-3-2-4-6-11)18-16(19)13-7-8-14(17)20-13/h2-8,10,12,15H,9H2,1H3,(H,18,19). The topological polar surface area (TPSA) is 42.2 Å². The van der Waals surface area contributed by atoms with Crippen LogP contribution in [0.3, 0.4) is 0 Å². The molecule has 1 aromatic carbocycles. The molecule has 1 fully saturated rings. The van der Waals surface area contributed by atoms with E-state index in [1.807, 2.05) is 30.3 Å². The van der Waals surface area contributed by atoms with Gasteiger partial charge in [-0.05, 0) is 47.6 Å². The van der Waals surface area contributed by atoms with Gasteiger partial charge in [-0.15, -0.1) is 0 Å². The Morgan fingerprint density at radius 2 is 2.00 bits per heavy atom. The van der Waals surface area contributed by atoms with Gasteiger partial charge in [-0.25, -0.2) is 0 Å². The van der Waals surface area contributed by atoms with Crippen LogP contribution >= 0.6 is 11.6 Å². The smallest absolute Gasteiger partial charge is 0.287 e. The van der Waals surface area contributed by atoms with Crippen molar-refractivity contribution in [2.75, 3.05) is 0 Å². The van der Waals surface area contributed by atoms with E-state index in [0.29, 0.717) is 11.8 Å². The molecule has 1 aliphatic rings. The van der Waals surface area contributed by atoms with Crippen molar-refractivity contribution in [2.45, 2.75) is 19.4 Å². The zero-order chi connectivity index (χ0) is 14.1. The minimum atomic E-state index is -0.218. The van der Waals surface area contributed by atoms with E-state index in [-0.39, 0.29) is 22.9 Å². The highest BCUT2D eigenvalue weighted by atomic mass is 35.5. The molecule has 3 nitrogen and oxygen atoms in total. The average molecular weight is 290 g/mol. The molecule has 20 heavy (non-hydrogen) atoms. The second-order valence-corrected chi connectivity index (χ2v) is 5.71. The lowest BCUT2D eigenvalue weighted by atomic mass is 10.0. The fourth-order valence-electron chi connectivity index (χ4n) is 2.56. The first-order valence-electron chi connectivity index (χ1n) is 6.76. The number of rotatable bonds is 4. The maximum Gasteiger partial charge on any atom is 0.287 e. The van der Waals surface area contributed by atoms with Crippen LogP contribution < -0.4 is 5.32 Å². The Balaban J connectivity index is 1.79. The number of benzene rings is 1. The first-order chi connectivity index (χ1) is 9.65. The van der Waals surface area contributed by atoms with Gasteiger partial charge in [0.2, 0.25) is 0 Å². The van der Waals surface area contributed by atoms with Crippen LogP contribution in [0, 0.1) is 11.8 Å². The summed E-state index contributed by atoms with van der Waals surface area (Å²) in [5.74, 6) is 1.17. The van der Waals surface area contributed by atoms with Crippen LogP contribution in [0.4, 0.5) is 0 Å². The molecule has 0 aliphatic heterocycles. The van der Waals surface area contributed by atoms with Gasteiger partial charge in [-0.3, -0.25) is 4.79 Å². The van der Waals surface area contributed by atoms with Gasteiger partial charge < -0.3 is 9.73 Å². The van der Waals surface area contributed by atoms with E-state index in [0.717, 1.165) is 12.0 Å². The van der Waals surface area contributed by atoms with E-state index in [1.54, 1.807) is 12.1 Å². The van der Waals surface area contributed by atoms with Gasteiger partial charge in [-0.2, -0.15) is 0 Å². The SMILES string of the molecule is CC1CC1C(NC(=O)c1ccc(Cl)o1)c1ccccc1. The molecule has 0 bridgehead atoms. The van der Waals surface area contributed by atoms with E-state index in [2.05, 4.69) is 12.2 Å². The van der Waals surface area contributed by atoms with Crippen LogP contribution in [0.1, 0.15) is 35.5 Å². The number of carbonyl (C=O) groups is 1. The van der Waals surface area contributed by atoms with Gasteiger partial charge in [0.25, 0.3) is 5.91 Å². The number of hydrogen-bond acceptors (Lipinski definition) is 2. The van der Waals surface area contributed by atoms with Crippen LogP contribution in [-0.4, -0.2) is 5.91 Å². The monoisotopic (exact) mass is 289 g/mol. The minimum absolute atomic E-state index is 0.0302. The molecule has 0 saturated heterocycles. The van der Waals surface area contributed by atoms with Gasteiger partial charge in [0.1, 0.15) is 0 Å². The van der Waals surface area contributed by atoms with E-state index in [1.165, 1.54) is 0 Å². The molecule has 0 spiro atoms. The third-order valence-corrected chi connectivity index (χ3v) is 4.05. The summed E-state index contributed by atoms with van der Waals surface area (Å²) in [4.78, 5) is 12.2. The molecule has 3 rings (SSSR count). The summed E-state index contributed by atoms with van der Waals surface area (Å²) in [5, 5.41) is 3.29. The van der Waals surface area contributed by atoms with E-state index >= 15 is 0 Å². The number of halogens is 1. The molecule has 1 aromatic heterocycles. The summed E-state index contributed by atoms with van der Waals surface area (Å²) in [6.07, 6.45) is 1.14. The first-order valence-corrected chi connectivity index (χ1v) is 7.14. The maximum absolute atomic E-state index is 12.2. The number of amides is 1. The predicted octanol–water partition coefficient (Wildman–Crippen LogP) is 4.06. The van der Waals surface area contributed by atoms with Crippen molar-refractivity contribution in [2.24, 2.45) is 11.8 Å². The van der Waals surface area contributed by atoms with Crippen LogP contribution in [0.2, 0.25) is 5.22 Å². The molecule has 1 saturated carbocycles. The Labute approximate surface area is 122 Å². The van der Waals surface area contributed by atoms with Crippen molar-refractivity contribution in [3.05, 3.63) is 59.0 Å². The highest BCUT2D eigenvalue weighted by Crippen LogP contribution is 2.47. The molecular formula is C16H16ClNO2. The van der Waals surface area contributed by atoms with Crippen molar-refractivity contribution in [1.82, 2.24) is 5.32 Å².